The maximum atomic E-state index is 14.6. The third-order valence-corrected chi connectivity index (χ3v) is 12.7. The quantitative estimate of drug-likeness (QED) is 0.361. The molecular weight excluding hydrogens is 460 g/mol. The minimum Gasteiger partial charge on any atom is -0.355 e. The molecule has 4 saturated carbocycles. The molecule has 2 bridgehead atoms. The van der Waals surface area contributed by atoms with Gasteiger partial charge in [0.2, 0.25) is 0 Å². The molecule has 5 aliphatic carbocycles. The summed E-state index contributed by atoms with van der Waals surface area (Å²) in [4.78, 5) is 27.6. The lowest BCUT2D eigenvalue weighted by Crippen LogP contribution is -2.64. The Morgan fingerprint density at radius 1 is 0.838 bits per heavy atom. The lowest BCUT2D eigenvalue weighted by molar-refractivity contribution is -0.218. The smallest absolute Gasteiger partial charge is 0.188 e. The molecule has 0 aromatic heterocycles. The second-order valence-corrected chi connectivity index (χ2v) is 15.1. The lowest BCUT2D eigenvalue weighted by Gasteiger charge is -2.64. The van der Waals surface area contributed by atoms with Crippen LogP contribution >= 0.6 is 0 Å². The Morgan fingerprint density at radius 2 is 1.51 bits per heavy atom. The van der Waals surface area contributed by atoms with E-state index in [1.165, 1.54) is 12.0 Å². The summed E-state index contributed by atoms with van der Waals surface area (Å²) in [5, 5.41) is 0. The van der Waals surface area contributed by atoms with Crippen LogP contribution in [0.25, 0.3) is 0 Å². The van der Waals surface area contributed by atoms with Crippen LogP contribution < -0.4 is 0 Å². The molecule has 4 nitrogen and oxygen atoms in total. The fourth-order valence-corrected chi connectivity index (χ4v) is 10.9. The van der Waals surface area contributed by atoms with E-state index < -0.39 is 5.60 Å². The lowest BCUT2D eigenvalue weighted by atomic mass is 9.40. The molecule has 6 rings (SSSR count). The Morgan fingerprint density at radius 3 is 2.19 bits per heavy atom. The molecule has 4 heteroatoms. The van der Waals surface area contributed by atoms with E-state index in [9.17, 15) is 9.59 Å². The van der Waals surface area contributed by atoms with Crippen LogP contribution in [0.3, 0.4) is 0 Å². The van der Waals surface area contributed by atoms with E-state index in [1.54, 1.807) is 7.11 Å². The maximum absolute atomic E-state index is 14.6. The molecule has 1 aliphatic heterocycles. The van der Waals surface area contributed by atoms with Gasteiger partial charge in [-0.3, -0.25) is 9.59 Å². The molecule has 0 aromatic rings. The number of ether oxygens (including phenoxy) is 2. The Bertz CT molecular complexity index is 1010. The summed E-state index contributed by atoms with van der Waals surface area (Å²) < 4.78 is 13.1. The molecule has 0 aromatic carbocycles. The van der Waals surface area contributed by atoms with Gasteiger partial charge in [0.1, 0.15) is 11.4 Å². The van der Waals surface area contributed by atoms with Crippen LogP contribution in [0, 0.1) is 44.8 Å². The average molecular weight is 513 g/mol. The SMILES string of the molecule is CC.COC1O[C@]23C(=O)C=C4[C@@]5(C)CCC(=O)C(C)(C)C5CC[C@@]4(C)C2CCC[C@]12CCC(C)(C)CC23. The van der Waals surface area contributed by atoms with Crippen LogP contribution in [0.4, 0.5) is 0 Å². The summed E-state index contributed by atoms with van der Waals surface area (Å²) in [5.41, 5.74) is 0.239. The highest BCUT2D eigenvalue weighted by molar-refractivity contribution is 6.00. The van der Waals surface area contributed by atoms with E-state index in [0.717, 1.165) is 51.4 Å². The Kier molecular flexibility index (Phi) is 6.33. The summed E-state index contributed by atoms with van der Waals surface area (Å²) in [7, 11) is 1.78. The number of hydrogen-bond acceptors (Lipinski definition) is 4. The number of carbonyl (C=O) groups is 2. The first kappa shape index (κ1) is 27.6. The van der Waals surface area contributed by atoms with Crippen LogP contribution in [0.5, 0.6) is 0 Å². The summed E-state index contributed by atoms with van der Waals surface area (Å²) in [6, 6.07) is 0. The first-order valence-corrected chi connectivity index (χ1v) is 15.3. The van der Waals surface area contributed by atoms with Gasteiger partial charge in [-0.2, -0.15) is 0 Å². The normalized spacial score (nSPS) is 49.3. The van der Waals surface area contributed by atoms with Crippen molar-refractivity contribution in [2.45, 2.75) is 131 Å². The zero-order chi connectivity index (χ0) is 27.2. The van der Waals surface area contributed by atoms with Crippen LogP contribution in [-0.2, 0) is 19.1 Å². The topological polar surface area (TPSA) is 52.6 Å². The number of rotatable bonds is 1. The summed E-state index contributed by atoms with van der Waals surface area (Å²) in [5.74, 6) is 1.30. The third-order valence-electron chi connectivity index (χ3n) is 12.7. The van der Waals surface area contributed by atoms with Crippen molar-refractivity contribution in [3.63, 3.8) is 0 Å². The van der Waals surface area contributed by atoms with Gasteiger partial charge in [0.25, 0.3) is 0 Å². The summed E-state index contributed by atoms with van der Waals surface area (Å²) in [6.07, 6.45) is 12.0. The highest BCUT2D eigenvalue weighted by Crippen LogP contribution is 2.74. The van der Waals surface area contributed by atoms with Gasteiger partial charge in [0.15, 0.2) is 12.1 Å². The fraction of sp³-hybridized carbons (Fsp3) is 0.879. The van der Waals surface area contributed by atoms with Gasteiger partial charge in [-0.05, 0) is 79.6 Å². The molecule has 6 aliphatic rings. The zero-order valence-electron chi connectivity index (χ0n) is 25.1. The Labute approximate surface area is 225 Å². The monoisotopic (exact) mass is 512 g/mol. The van der Waals surface area contributed by atoms with E-state index >= 15 is 0 Å². The molecule has 1 heterocycles. The second-order valence-electron chi connectivity index (χ2n) is 15.1. The van der Waals surface area contributed by atoms with Crippen molar-refractivity contribution < 1.29 is 19.1 Å². The highest BCUT2D eigenvalue weighted by atomic mass is 16.7. The molecule has 8 atom stereocenters. The molecule has 1 spiro atoms. The van der Waals surface area contributed by atoms with E-state index in [1.807, 2.05) is 13.8 Å². The number of ketones is 2. The first-order chi connectivity index (χ1) is 17.3. The van der Waals surface area contributed by atoms with E-state index in [0.29, 0.717) is 18.1 Å². The molecular formula is C33H52O4. The van der Waals surface area contributed by atoms with Gasteiger partial charge in [-0.25, -0.2) is 0 Å². The minimum atomic E-state index is -0.768. The van der Waals surface area contributed by atoms with Gasteiger partial charge >= 0.3 is 0 Å². The van der Waals surface area contributed by atoms with Gasteiger partial charge in [-0.15, -0.1) is 0 Å². The van der Waals surface area contributed by atoms with Crippen LogP contribution in [0.15, 0.2) is 11.6 Å². The minimum absolute atomic E-state index is 0.0449. The summed E-state index contributed by atoms with van der Waals surface area (Å²) in [6.45, 7) is 17.9. The number of hydrogen-bond donors (Lipinski definition) is 0. The number of Topliss-reactive ketones (excluding diaryl/α,β-unsaturated/α-hetero) is 1. The van der Waals surface area contributed by atoms with Crippen molar-refractivity contribution in [2.24, 2.45) is 44.8 Å². The first-order valence-electron chi connectivity index (χ1n) is 15.3. The van der Waals surface area contributed by atoms with E-state index in [2.05, 4.69) is 47.6 Å². The maximum Gasteiger partial charge on any atom is 0.188 e. The predicted octanol–water partition coefficient (Wildman–Crippen LogP) is 7.69. The van der Waals surface area contributed by atoms with Crippen molar-refractivity contribution in [3.05, 3.63) is 11.6 Å². The highest BCUT2D eigenvalue weighted by Gasteiger charge is 2.76. The second kappa shape index (κ2) is 8.50. The molecule has 0 N–H and O–H groups in total. The van der Waals surface area contributed by atoms with Gasteiger partial charge in [-0.1, -0.05) is 67.4 Å². The van der Waals surface area contributed by atoms with Crippen molar-refractivity contribution >= 4 is 11.6 Å². The fourth-order valence-electron chi connectivity index (χ4n) is 10.9. The molecule has 1 saturated heterocycles. The summed E-state index contributed by atoms with van der Waals surface area (Å²) >= 11 is 0. The van der Waals surface area contributed by atoms with Crippen molar-refractivity contribution in [1.82, 2.24) is 0 Å². The molecule has 5 fully saturated rings. The van der Waals surface area contributed by atoms with Crippen molar-refractivity contribution in [2.75, 3.05) is 7.11 Å². The molecule has 0 radical (unpaired) electrons. The van der Waals surface area contributed by atoms with Crippen molar-refractivity contribution in [1.29, 1.82) is 0 Å². The standard InChI is InChI=1S/C31H46O4.C2H6/c1-26(2)15-16-30-12-8-9-20-29(6)13-10-19-27(3,4)23(32)11-14-28(19,5)21(29)17-24(33)31(20,22(30)18-26)35-25(30)34-7;1-2/h17,19-20,22,25H,8-16,18H2,1-7H3;1-2H3/t19?,20?,22?,25?,28-,29-,30+,31+;/m0./s1. The Hall–Kier alpha value is -1.00. The molecule has 208 valence electrons. The van der Waals surface area contributed by atoms with Crippen LogP contribution in [0.1, 0.15) is 120 Å². The molecule has 37 heavy (non-hydrogen) atoms. The Balaban J connectivity index is 0.00000137. The van der Waals surface area contributed by atoms with Crippen molar-refractivity contribution in [3.8, 4) is 0 Å². The molecule has 0 amide bonds. The number of fused-ring (bicyclic) bond motifs is 4. The predicted molar refractivity (Wildman–Crippen MR) is 147 cm³/mol. The average Bonchev–Trinajstić information content (AvgIpc) is 3.01. The van der Waals surface area contributed by atoms with Crippen LogP contribution in [-0.4, -0.2) is 30.6 Å². The van der Waals surface area contributed by atoms with E-state index in [4.69, 9.17) is 9.47 Å². The third kappa shape index (κ3) is 3.33. The molecule has 4 unspecified atom stereocenters. The van der Waals surface area contributed by atoms with E-state index in [-0.39, 0.29) is 51.0 Å². The largest absolute Gasteiger partial charge is 0.355 e. The van der Waals surface area contributed by atoms with Gasteiger partial charge in [0, 0.05) is 36.2 Å². The van der Waals surface area contributed by atoms with Crippen LogP contribution in [0.2, 0.25) is 0 Å². The zero-order valence-corrected chi connectivity index (χ0v) is 25.1. The van der Waals surface area contributed by atoms with Gasteiger partial charge < -0.3 is 9.47 Å². The number of carbonyl (C=O) groups excluding carboxylic acids is 2. The number of allylic oxidation sites excluding steroid dienone is 1. The number of methoxy groups -OCH3 is 1. The van der Waals surface area contributed by atoms with Gasteiger partial charge in [0.05, 0.1) is 0 Å².